The second-order valence-corrected chi connectivity index (χ2v) is 2.49. The van der Waals surface area contributed by atoms with Crippen molar-refractivity contribution in [1.29, 1.82) is 0 Å². The third kappa shape index (κ3) is 0.900. The number of hydrogen-bond donors (Lipinski definition) is 1. The smallest absolute Gasteiger partial charge is 0.0815 e. The first-order valence-electron chi connectivity index (χ1n) is 2.70. The molecule has 3 heteroatoms. The number of nitrogens with two attached hydrogens (primary N) is 1. The highest BCUT2D eigenvalue weighted by Gasteiger charge is 2.02. The van der Waals surface area contributed by atoms with Gasteiger partial charge in [0.1, 0.15) is 0 Å². The highest BCUT2D eigenvalue weighted by molar-refractivity contribution is 6.33. The average molecular weight is 145 g/mol. The van der Waals surface area contributed by atoms with Crippen LogP contribution in [0.15, 0.2) is 6.20 Å². The lowest BCUT2D eigenvalue weighted by Gasteiger charge is -1.93. The van der Waals surface area contributed by atoms with E-state index in [-0.39, 0.29) is 0 Å². The zero-order chi connectivity index (χ0) is 7.02. The summed E-state index contributed by atoms with van der Waals surface area (Å²) in [5.74, 6) is 0. The number of nitrogens with zero attached hydrogens (tertiary/aromatic N) is 1. The molecule has 2 nitrogen and oxygen atoms in total. The van der Waals surface area contributed by atoms with Crippen LogP contribution in [0.4, 0.5) is 5.69 Å². The Morgan fingerprint density at radius 3 is 2.33 bits per heavy atom. The van der Waals surface area contributed by atoms with E-state index in [0.29, 0.717) is 10.7 Å². The second kappa shape index (κ2) is 1.95. The van der Waals surface area contributed by atoms with Gasteiger partial charge in [0.25, 0.3) is 0 Å². The van der Waals surface area contributed by atoms with E-state index < -0.39 is 0 Å². The molecule has 1 aromatic rings. The molecule has 50 valence electrons. The lowest BCUT2D eigenvalue weighted by atomic mass is 10.4. The molecule has 2 N–H and O–H groups in total. The fraction of sp³-hybridized carbons (Fsp3) is 0.333. The first kappa shape index (κ1) is 6.49. The van der Waals surface area contributed by atoms with E-state index in [9.17, 15) is 0 Å². The van der Waals surface area contributed by atoms with Gasteiger partial charge < -0.3 is 10.3 Å². The first-order chi connectivity index (χ1) is 4.13. The molecular formula is C6H9ClN2. The molecule has 0 unspecified atom stereocenters. The number of aromatic nitrogens is 1. The van der Waals surface area contributed by atoms with Crippen molar-refractivity contribution in [1.82, 2.24) is 4.57 Å². The van der Waals surface area contributed by atoms with Crippen molar-refractivity contribution < 1.29 is 0 Å². The van der Waals surface area contributed by atoms with Gasteiger partial charge in [-0.15, -0.1) is 0 Å². The molecule has 0 saturated carbocycles. The SMILES string of the molecule is Cc1c(N)c(Cl)cn1C. The molecule has 0 radical (unpaired) electrons. The van der Waals surface area contributed by atoms with E-state index >= 15 is 0 Å². The zero-order valence-electron chi connectivity index (χ0n) is 5.48. The van der Waals surface area contributed by atoms with E-state index in [4.69, 9.17) is 17.3 Å². The van der Waals surface area contributed by atoms with Crippen LogP contribution in [0.1, 0.15) is 5.69 Å². The maximum Gasteiger partial charge on any atom is 0.0815 e. The summed E-state index contributed by atoms with van der Waals surface area (Å²) in [7, 11) is 1.91. The number of anilines is 1. The minimum absolute atomic E-state index is 0.634. The molecule has 0 aromatic carbocycles. The Bertz CT molecular complexity index is 205. The molecule has 0 aliphatic carbocycles. The van der Waals surface area contributed by atoms with Gasteiger partial charge in [0.2, 0.25) is 0 Å². The Morgan fingerprint density at radius 1 is 1.67 bits per heavy atom. The van der Waals surface area contributed by atoms with Crippen molar-refractivity contribution in [2.45, 2.75) is 6.92 Å². The lowest BCUT2D eigenvalue weighted by molar-refractivity contribution is 0.884. The topological polar surface area (TPSA) is 30.9 Å². The first-order valence-corrected chi connectivity index (χ1v) is 3.07. The van der Waals surface area contributed by atoms with Gasteiger partial charge in [0.15, 0.2) is 0 Å². The Labute approximate surface area is 59.2 Å². The lowest BCUT2D eigenvalue weighted by Crippen LogP contribution is -1.91. The van der Waals surface area contributed by atoms with Gasteiger partial charge in [-0.2, -0.15) is 0 Å². The summed E-state index contributed by atoms with van der Waals surface area (Å²) in [5.41, 5.74) is 7.24. The average Bonchev–Trinajstić information content (AvgIpc) is 1.98. The Kier molecular flexibility index (Phi) is 1.41. The van der Waals surface area contributed by atoms with Crippen LogP contribution in [-0.4, -0.2) is 4.57 Å². The molecule has 0 spiro atoms. The normalized spacial score (nSPS) is 10.1. The Balaban J connectivity index is 3.29. The molecule has 0 atom stereocenters. The van der Waals surface area contributed by atoms with Gasteiger partial charge in [0.05, 0.1) is 10.7 Å². The fourth-order valence-corrected chi connectivity index (χ4v) is 0.982. The summed E-state index contributed by atoms with van der Waals surface area (Å²) >= 11 is 5.69. The predicted molar refractivity (Wildman–Crippen MR) is 39.6 cm³/mol. The standard InChI is InChI=1S/C6H9ClN2/c1-4-6(8)5(7)3-9(4)2/h3H,8H2,1-2H3. The molecule has 1 aromatic heterocycles. The summed E-state index contributed by atoms with van der Waals surface area (Å²) in [4.78, 5) is 0. The number of hydrogen-bond acceptors (Lipinski definition) is 1. The van der Waals surface area contributed by atoms with Gasteiger partial charge in [-0.25, -0.2) is 0 Å². The molecule has 0 aliphatic heterocycles. The number of halogens is 1. The van der Waals surface area contributed by atoms with Crippen LogP contribution in [0, 0.1) is 6.92 Å². The van der Waals surface area contributed by atoms with Crippen LogP contribution in [0.25, 0.3) is 0 Å². The summed E-state index contributed by atoms with van der Waals surface area (Å²) in [6.07, 6.45) is 1.80. The van der Waals surface area contributed by atoms with E-state index in [2.05, 4.69) is 0 Å². The molecule has 0 fully saturated rings. The summed E-state index contributed by atoms with van der Waals surface area (Å²) < 4.78 is 1.90. The van der Waals surface area contributed by atoms with Gasteiger partial charge in [-0.05, 0) is 6.92 Å². The molecule has 0 bridgehead atoms. The largest absolute Gasteiger partial charge is 0.396 e. The van der Waals surface area contributed by atoms with Gasteiger partial charge in [-0.1, -0.05) is 11.6 Å². The summed E-state index contributed by atoms with van der Waals surface area (Å²) in [6, 6.07) is 0. The van der Waals surface area contributed by atoms with E-state index in [1.807, 2.05) is 18.5 Å². The Morgan fingerprint density at radius 2 is 2.22 bits per heavy atom. The van der Waals surface area contributed by atoms with E-state index in [0.717, 1.165) is 5.69 Å². The molecule has 9 heavy (non-hydrogen) atoms. The fourth-order valence-electron chi connectivity index (χ4n) is 0.699. The van der Waals surface area contributed by atoms with Crippen molar-refractivity contribution in [3.63, 3.8) is 0 Å². The van der Waals surface area contributed by atoms with Gasteiger partial charge in [0, 0.05) is 18.9 Å². The highest BCUT2D eigenvalue weighted by Crippen LogP contribution is 2.22. The van der Waals surface area contributed by atoms with Crippen molar-refractivity contribution in [3.05, 3.63) is 16.9 Å². The van der Waals surface area contributed by atoms with Crippen LogP contribution >= 0.6 is 11.6 Å². The number of rotatable bonds is 0. The quantitative estimate of drug-likeness (QED) is 0.589. The molecule has 1 rings (SSSR count). The number of nitrogen functional groups attached to an aromatic ring is 1. The van der Waals surface area contributed by atoms with Crippen LogP contribution in [0.3, 0.4) is 0 Å². The maximum atomic E-state index is 5.69. The van der Waals surface area contributed by atoms with Crippen molar-refractivity contribution in [2.75, 3.05) is 5.73 Å². The molecule has 0 amide bonds. The van der Waals surface area contributed by atoms with Crippen LogP contribution in [0.2, 0.25) is 5.02 Å². The maximum absolute atomic E-state index is 5.69. The summed E-state index contributed by atoms with van der Waals surface area (Å²) in [5, 5.41) is 0.634. The third-order valence-electron chi connectivity index (χ3n) is 1.48. The van der Waals surface area contributed by atoms with Crippen LogP contribution < -0.4 is 5.73 Å². The minimum Gasteiger partial charge on any atom is -0.396 e. The van der Waals surface area contributed by atoms with E-state index in [1.165, 1.54) is 0 Å². The van der Waals surface area contributed by atoms with Crippen LogP contribution in [-0.2, 0) is 7.05 Å². The van der Waals surface area contributed by atoms with Crippen molar-refractivity contribution in [2.24, 2.45) is 7.05 Å². The molecule has 0 aliphatic rings. The molecule has 1 heterocycles. The zero-order valence-corrected chi connectivity index (χ0v) is 6.24. The monoisotopic (exact) mass is 144 g/mol. The molecular weight excluding hydrogens is 136 g/mol. The minimum atomic E-state index is 0.634. The van der Waals surface area contributed by atoms with Gasteiger partial charge >= 0.3 is 0 Å². The third-order valence-corrected chi connectivity index (χ3v) is 1.78. The predicted octanol–water partition coefficient (Wildman–Crippen LogP) is 1.57. The highest BCUT2D eigenvalue weighted by atomic mass is 35.5. The van der Waals surface area contributed by atoms with E-state index in [1.54, 1.807) is 6.20 Å². The number of aryl methyl sites for hydroxylation is 1. The summed E-state index contributed by atoms with van der Waals surface area (Å²) in [6.45, 7) is 1.93. The van der Waals surface area contributed by atoms with Crippen LogP contribution in [0.5, 0.6) is 0 Å². The second-order valence-electron chi connectivity index (χ2n) is 2.09. The van der Waals surface area contributed by atoms with Gasteiger partial charge in [-0.3, -0.25) is 0 Å². The molecule has 0 saturated heterocycles. The van der Waals surface area contributed by atoms with Crippen molar-refractivity contribution >= 4 is 17.3 Å². The van der Waals surface area contributed by atoms with Crippen molar-refractivity contribution in [3.8, 4) is 0 Å². The Hall–Kier alpha value is -0.630.